The number of primary sulfonamides is 1. The van der Waals surface area contributed by atoms with E-state index < -0.39 is 10.0 Å². The summed E-state index contributed by atoms with van der Waals surface area (Å²) in [6.45, 7) is 5.06. The predicted molar refractivity (Wildman–Crippen MR) is 88.3 cm³/mol. The van der Waals surface area contributed by atoms with Gasteiger partial charge < -0.3 is 4.90 Å². The largest absolute Gasteiger partial charge is 0.364 e. The van der Waals surface area contributed by atoms with E-state index >= 15 is 0 Å². The number of hydrogen-bond donors (Lipinski definition) is 1. The fraction of sp³-hybridized carbons (Fsp3) is 0.294. The van der Waals surface area contributed by atoms with Crippen molar-refractivity contribution in [2.45, 2.75) is 37.8 Å². The minimum Gasteiger partial charge on any atom is -0.364 e. The highest BCUT2D eigenvalue weighted by Gasteiger charge is 2.27. The topological polar surface area (TPSA) is 63.4 Å². The molecule has 2 N–H and O–H groups in total. The van der Waals surface area contributed by atoms with E-state index in [4.69, 9.17) is 5.14 Å². The summed E-state index contributed by atoms with van der Waals surface area (Å²) in [5.41, 5.74) is 4.64. The molecule has 1 heterocycles. The molecule has 116 valence electrons. The average Bonchev–Trinajstić information content (AvgIpc) is 2.76. The number of anilines is 1. The second-order valence-electron chi connectivity index (χ2n) is 6.00. The molecule has 5 heteroatoms. The number of benzene rings is 2. The first-order valence-corrected chi connectivity index (χ1v) is 8.87. The third-order valence-corrected chi connectivity index (χ3v) is 5.12. The molecule has 0 fully saturated rings. The SMILES string of the molecule is Cc1ccc(CN2c3ccc(S(N)(=O)=O)cc3C[C@@H]2C)cc1. The number of sulfonamides is 1. The second-order valence-corrected chi connectivity index (χ2v) is 7.56. The molecule has 0 bridgehead atoms. The lowest BCUT2D eigenvalue weighted by molar-refractivity contribution is 0.597. The van der Waals surface area contributed by atoms with Gasteiger partial charge in [0.25, 0.3) is 0 Å². The van der Waals surface area contributed by atoms with Crippen LogP contribution in [0, 0.1) is 6.92 Å². The number of aryl methyl sites for hydroxylation is 1. The van der Waals surface area contributed by atoms with Crippen molar-refractivity contribution in [2.24, 2.45) is 5.14 Å². The van der Waals surface area contributed by atoms with E-state index in [-0.39, 0.29) is 4.90 Å². The fourth-order valence-corrected chi connectivity index (χ4v) is 3.54. The van der Waals surface area contributed by atoms with Gasteiger partial charge in [-0.2, -0.15) is 0 Å². The summed E-state index contributed by atoms with van der Waals surface area (Å²) in [6, 6.07) is 14.0. The molecule has 22 heavy (non-hydrogen) atoms. The van der Waals surface area contributed by atoms with Crippen LogP contribution in [-0.2, 0) is 23.0 Å². The van der Waals surface area contributed by atoms with Crippen molar-refractivity contribution in [3.63, 3.8) is 0 Å². The third kappa shape index (κ3) is 2.87. The van der Waals surface area contributed by atoms with Gasteiger partial charge in [0.05, 0.1) is 4.90 Å². The molecule has 4 nitrogen and oxygen atoms in total. The highest BCUT2D eigenvalue weighted by atomic mass is 32.2. The van der Waals surface area contributed by atoms with Crippen LogP contribution in [0.3, 0.4) is 0 Å². The molecule has 0 unspecified atom stereocenters. The van der Waals surface area contributed by atoms with E-state index in [1.807, 2.05) is 6.07 Å². The molecule has 2 aromatic rings. The first kappa shape index (κ1) is 15.1. The average molecular weight is 316 g/mol. The minimum atomic E-state index is -3.64. The van der Waals surface area contributed by atoms with Crippen LogP contribution in [0.15, 0.2) is 47.4 Å². The maximum Gasteiger partial charge on any atom is 0.238 e. The van der Waals surface area contributed by atoms with E-state index in [0.717, 1.165) is 24.2 Å². The fourth-order valence-electron chi connectivity index (χ4n) is 2.98. The monoisotopic (exact) mass is 316 g/mol. The zero-order chi connectivity index (χ0) is 15.9. The Bertz CT molecular complexity index is 798. The lowest BCUT2D eigenvalue weighted by atomic mass is 10.1. The Morgan fingerprint density at radius 1 is 1.18 bits per heavy atom. The van der Waals surface area contributed by atoms with Gasteiger partial charge in [0.15, 0.2) is 0 Å². The van der Waals surface area contributed by atoms with Crippen LogP contribution in [-0.4, -0.2) is 14.5 Å². The summed E-state index contributed by atoms with van der Waals surface area (Å²) >= 11 is 0. The van der Waals surface area contributed by atoms with Gasteiger partial charge in [0.2, 0.25) is 10.0 Å². The van der Waals surface area contributed by atoms with Gasteiger partial charge in [-0.25, -0.2) is 13.6 Å². The van der Waals surface area contributed by atoms with Crippen molar-refractivity contribution >= 4 is 15.7 Å². The molecule has 1 atom stereocenters. The van der Waals surface area contributed by atoms with Crippen molar-refractivity contribution in [3.8, 4) is 0 Å². The van der Waals surface area contributed by atoms with E-state index in [1.54, 1.807) is 12.1 Å². The van der Waals surface area contributed by atoms with E-state index in [0.29, 0.717) is 6.04 Å². The maximum absolute atomic E-state index is 11.5. The smallest absolute Gasteiger partial charge is 0.238 e. The van der Waals surface area contributed by atoms with Crippen molar-refractivity contribution in [2.75, 3.05) is 4.90 Å². The first-order valence-electron chi connectivity index (χ1n) is 7.32. The summed E-state index contributed by atoms with van der Waals surface area (Å²) in [7, 11) is -3.64. The molecule has 0 amide bonds. The maximum atomic E-state index is 11.5. The van der Waals surface area contributed by atoms with Crippen molar-refractivity contribution < 1.29 is 8.42 Å². The van der Waals surface area contributed by atoms with Gasteiger partial charge in [-0.3, -0.25) is 0 Å². The molecule has 0 aromatic heterocycles. The lowest BCUT2D eigenvalue weighted by Crippen LogP contribution is -2.28. The standard InChI is InChI=1S/C17H20N2O2S/c1-12-3-5-14(6-4-12)11-19-13(2)9-15-10-16(22(18,20)21)7-8-17(15)19/h3-8,10,13H,9,11H2,1-2H3,(H2,18,20,21)/t13-/m0/s1. The van der Waals surface area contributed by atoms with Gasteiger partial charge in [-0.05, 0) is 49.6 Å². The van der Waals surface area contributed by atoms with Gasteiger partial charge >= 0.3 is 0 Å². The molecule has 0 aliphatic carbocycles. The zero-order valence-corrected chi connectivity index (χ0v) is 13.6. The number of fused-ring (bicyclic) bond motifs is 1. The second kappa shape index (κ2) is 5.41. The summed E-state index contributed by atoms with van der Waals surface area (Å²) in [5.74, 6) is 0. The molecule has 0 radical (unpaired) electrons. The molecule has 2 aromatic carbocycles. The number of nitrogens with zero attached hydrogens (tertiary/aromatic N) is 1. The van der Waals surface area contributed by atoms with Gasteiger partial charge in [-0.1, -0.05) is 29.8 Å². The van der Waals surface area contributed by atoms with E-state index in [2.05, 4.69) is 43.0 Å². The van der Waals surface area contributed by atoms with Gasteiger partial charge in [-0.15, -0.1) is 0 Å². The van der Waals surface area contributed by atoms with Gasteiger partial charge in [0, 0.05) is 18.3 Å². The van der Waals surface area contributed by atoms with Crippen LogP contribution in [0.25, 0.3) is 0 Å². The van der Waals surface area contributed by atoms with Crippen LogP contribution >= 0.6 is 0 Å². The molecule has 0 saturated heterocycles. The summed E-state index contributed by atoms with van der Waals surface area (Å²) in [5, 5.41) is 5.22. The third-order valence-electron chi connectivity index (χ3n) is 4.21. The molecular formula is C17H20N2O2S. The van der Waals surface area contributed by atoms with Crippen LogP contribution in [0.4, 0.5) is 5.69 Å². The van der Waals surface area contributed by atoms with Crippen LogP contribution < -0.4 is 10.0 Å². The first-order chi connectivity index (χ1) is 10.3. The molecule has 0 spiro atoms. The van der Waals surface area contributed by atoms with Crippen LogP contribution in [0.2, 0.25) is 0 Å². The number of nitrogens with two attached hydrogens (primary N) is 1. The Labute approximate surface area is 131 Å². The Morgan fingerprint density at radius 2 is 1.86 bits per heavy atom. The molecule has 3 rings (SSSR count). The highest BCUT2D eigenvalue weighted by Crippen LogP contribution is 2.34. The highest BCUT2D eigenvalue weighted by molar-refractivity contribution is 7.89. The van der Waals surface area contributed by atoms with Crippen LogP contribution in [0.5, 0.6) is 0 Å². The zero-order valence-electron chi connectivity index (χ0n) is 12.8. The normalized spacial score (nSPS) is 17.6. The molecule has 0 saturated carbocycles. The van der Waals surface area contributed by atoms with Gasteiger partial charge in [0.1, 0.15) is 0 Å². The predicted octanol–water partition coefficient (Wildman–Crippen LogP) is 2.59. The Morgan fingerprint density at radius 3 is 2.50 bits per heavy atom. The van der Waals surface area contributed by atoms with E-state index in [1.165, 1.54) is 11.1 Å². The Hall–Kier alpha value is -1.85. The molecule has 1 aliphatic heterocycles. The van der Waals surface area contributed by atoms with Crippen molar-refractivity contribution in [1.82, 2.24) is 0 Å². The Kier molecular flexibility index (Phi) is 3.70. The number of hydrogen-bond acceptors (Lipinski definition) is 3. The molecular weight excluding hydrogens is 296 g/mol. The molecule has 1 aliphatic rings. The van der Waals surface area contributed by atoms with Crippen LogP contribution in [0.1, 0.15) is 23.6 Å². The lowest BCUT2D eigenvalue weighted by Gasteiger charge is -2.25. The van der Waals surface area contributed by atoms with Crippen molar-refractivity contribution in [3.05, 3.63) is 59.2 Å². The van der Waals surface area contributed by atoms with E-state index in [9.17, 15) is 8.42 Å². The van der Waals surface area contributed by atoms with Crippen molar-refractivity contribution in [1.29, 1.82) is 0 Å². The quantitative estimate of drug-likeness (QED) is 0.946. The summed E-state index contributed by atoms with van der Waals surface area (Å²) in [4.78, 5) is 2.50. The minimum absolute atomic E-state index is 0.190. The Balaban J connectivity index is 1.91. The summed E-state index contributed by atoms with van der Waals surface area (Å²) < 4.78 is 23.0. The number of rotatable bonds is 3. The summed E-state index contributed by atoms with van der Waals surface area (Å²) in [6.07, 6.45) is 0.838.